The van der Waals surface area contributed by atoms with Crippen LogP contribution in [0.15, 0.2) is 64.6 Å². The zero-order valence-corrected chi connectivity index (χ0v) is 23.7. The highest BCUT2D eigenvalue weighted by Gasteiger charge is 2.36. The third-order valence-corrected chi connectivity index (χ3v) is 7.19. The number of amides is 2. The van der Waals surface area contributed by atoms with Gasteiger partial charge >= 0.3 is 0 Å². The van der Waals surface area contributed by atoms with Crippen LogP contribution in [0, 0.1) is 6.92 Å². The van der Waals surface area contributed by atoms with Crippen molar-refractivity contribution in [3.8, 4) is 11.5 Å². The van der Waals surface area contributed by atoms with E-state index in [9.17, 15) is 9.59 Å². The minimum Gasteiger partial charge on any atom is -0.490 e. The maximum absolute atomic E-state index is 13.4. The Morgan fingerprint density at radius 3 is 2.51 bits per heavy atom. The number of benzene rings is 3. The molecule has 1 aliphatic rings. The Labute approximate surface area is 238 Å². The van der Waals surface area contributed by atoms with Crippen molar-refractivity contribution in [2.45, 2.75) is 20.5 Å². The summed E-state index contributed by atoms with van der Waals surface area (Å²) in [7, 11) is 0. The van der Waals surface area contributed by atoms with Crippen LogP contribution in [0.2, 0.25) is 10.0 Å². The second-order valence-corrected chi connectivity index (χ2v) is 10.1. The number of carbonyl (C=O) groups excluding carboxylic acids is 2. The monoisotopic (exact) mass is 618 g/mol. The molecule has 4 rings (SSSR count). The fourth-order valence-corrected chi connectivity index (χ4v) is 4.79. The Morgan fingerprint density at radius 1 is 1.05 bits per heavy atom. The van der Waals surface area contributed by atoms with Crippen molar-refractivity contribution in [2.24, 2.45) is 0 Å². The molecular weight excluding hydrogens is 599 g/mol. The molecule has 0 aliphatic carbocycles. The summed E-state index contributed by atoms with van der Waals surface area (Å²) in [6.45, 7) is 4.62. The predicted molar refractivity (Wildman–Crippen MR) is 153 cm³/mol. The standard InChI is InChI=1S/C27H21BrCl2N2O4S/c1-3-35-22-12-17(19(28)13-23(22)36-14-16-7-4-6-15(2)10-16)11-18-25(33)31-27(37)32(26(18)34)21-9-5-8-20(29)24(21)30/h4-13H,3,14H2,1-2H3,(H,31,33,37)/b18-11+. The molecule has 1 aliphatic heterocycles. The normalized spacial score (nSPS) is 14.7. The Balaban J connectivity index is 1.68. The summed E-state index contributed by atoms with van der Waals surface area (Å²) in [5, 5.41) is 2.85. The number of nitrogens with one attached hydrogen (secondary N) is 1. The highest BCUT2D eigenvalue weighted by Crippen LogP contribution is 2.37. The fourth-order valence-electron chi connectivity index (χ4n) is 3.70. The van der Waals surface area contributed by atoms with E-state index >= 15 is 0 Å². The van der Waals surface area contributed by atoms with Crippen LogP contribution in [-0.2, 0) is 16.2 Å². The Morgan fingerprint density at radius 2 is 1.78 bits per heavy atom. The highest BCUT2D eigenvalue weighted by molar-refractivity contribution is 9.10. The van der Waals surface area contributed by atoms with Gasteiger partial charge in [0.15, 0.2) is 16.6 Å². The van der Waals surface area contributed by atoms with Gasteiger partial charge in [0.25, 0.3) is 11.8 Å². The highest BCUT2D eigenvalue weighted by atomic mass is 79.9. The van der Waals surface area contributed by atoms with E-state index in [0.29, 0.717) is 34.7 Å². The van der Waals surface area contributed by atoms with Crippen LogP contribution in [0.4, 0.5) is 5.69 Å². The Kier molecular flexibility index (Phi) is 8.54. The minimum atomic E-state index is -0.637. The number of hydrogen-bond donors (Lipinski definition) is 1. The molecule has 190 valence electrons. The molecule has 0 bridgehead atoms. The van der Waals surface area contributed by atoms with Crippen LogP contribution in [-0.4, -0.2) is 23.5 Å². The smallest absolute Gasteiger partial charge is 0.270 e. The van der Waals surface area contributed by atoms with Gasteiger partial charge in [0.2, 0.25) is 0 Å². The molecule has 0 atom stereocenters. The van der Waals surface area contributed by atoms with Crippen molar-refractivity contribution in [2.75, 3.05) is 11.5 Å². The van der Waals surface area contributed by atoms with Gasteiger partial charge in [-0.05, 0) is 67.5 Å². The van der Waals surface area contributed by atoms with Gasteiger partial charge < -0.3 is 9.47 Å². The van der Waals surface area contributed by atoms with Crippen LogP contribution in [0.25, 0.3) is 6.08 Å². The average molecular weight is 620 g/mol. The number of anilines is 1. The summed E-state index contributed by atoms with van der Waals surface area (Å²) in [5.41, 5.74) is 2.82. The first-order valence-corrected chi connectivity index (χ1v) is 13.2. The largest absolute Gasteiger partial charge is 0.490 e. The molecule has 0 unspecified atom stereocenters. The number of halogens is 3. The molecule has 10 heteroatoms. The van der Waals surface area contributed by atoms with Gasteiger partial charge in [-0.3, -0.25) is 19.8 Å². The van der Waals surface area contributed by atoms with Crippen LogP contribution in [0.3, 0.4) is 0 Å². The van der Waals surface area contributed by atoms with Gasteiger partial charge in [-0.1, -0.05) is 75.0 Å². The summed E-state index contributed by atoms with van der Waals surface area (Å²) in [6, 6.07) is 16.3. The third-order valence-electron chi connectivity index (χ3n) is 5.41. The first kappa shape index (κ1) is 27.1. The van der Waals surface area contributed by atoms with E-state index in [1.54, 1.807) is 30.3 Å². The molecular formula is C27H21BrCl2N2O4S. The van der Waals surface area contributed by atoms with Crippen LogP contribution >= 0.6 is 51.3 Å². The summed E-state index contributed by atoms with van der Waals surface area (Å²) in [6.07, 6.45) is 1.46. The topological polar surface area (TPSA) is 67.9 Å². The summed E-state index contributed by atoms with van der Waals surface area (Å²) >= 11 is 21.2. The first-order valence-electron chi connectivity index (χ1n) is 11.2. The van der Waals surface area contributed by atoms with E-state index in [-0.39, 0.29) is 26.4 Å². The number of rotatable bonds is 7. The lowest BCUT2D eigenvalue weighted by atomic mass is 10.1. The lowest BCUT2D eigenvalue weighted by Crippen LogP contribution is -2.54. The van der Waals surface area contributed by atoms with E-state index in [4.69, 9.17) is 44.9 Å². The molecule has 3 aromatic carbocycles. The second kappa shape index (κ2) is 11.6. The third kappa shape index (κ3) is 5.99. The molecule has 6 nitrogen and oxygen atoms in total. The number of thiocarbonyl (C=S) groups is 1. The minimum absolute atomic E-state index is 0.0923. The van der Waals surface area contributed by atoms with E-state index < -0.39 is 11.8 Å². The van der Waals surface area contributed by atoms with Crippen LogP contribution < -0.4 is 19.7 Å². The molecule has 1 saturated heterocycles. The molecule has 0 radical (unpaired) electrons. The van der Waals surface area contributed by atoms with Gasteiger partial charge in [-0.25, -0.2) is 0 Å². The van der Waals surface area contributed by atoms with E-state index in [0.717, 1.165) is 16.0 Å². The zero-order chi connectivity index (χ0) is 26.7. The van der Waals surface area contributed by atoms with Crippen molar-refractivity contribution in [3.05, 3.63) is 91.4 Å². The summed E-state index contributed by atoms with van der Waals surface area (Å²) in [5.74, 6) is -0.277. The van der Waals surface area contributed by atoms with Gasteiger partial charge in [-0.15, -0.1) is 0 Å². The Bertz CT molecular complexity index is 1440. The van der Waals surface area contributed by atoms with Crippen LogP contribution in [0.1, 0.15) is 23.6 Å². The lowest BCUT2D eigenvalue weighted by Gasteiger charge is -2.29. The van der Waals surface area contributed by atoms with Gasteiger partial charge in [0.1, 0.15) is 12.2 Å². The number of aryl methyl sites for hydroxylation is 1. The van der Waals surface area contributed by atoms with Gasteiger partial charge in [-0.2, -0.15) is 0 Å². The van der Waals surface area contributed by atoms with Crippen molar-refractivity contribution < 1.29 is 19.1 Å². The molecule has 37 heavy (non-hydrogen) atoms. The van der Waals surface area contributed by atoms with Crippen LogP contribution in [0.5, 0.6) is 11.5 Å². The van der Waals surface area contributed by atoms with Gasteiger partial charge in [0.05, 0.1) is 22.3 Å². The van der Waals surface area contributed by atoms with Crippen molar-refractivity contribution >= 4 is 80.0 Å². The quantitative estimate of drug-likeness (QED) is 0.178. The molecule has 2 amide bonds. The maximum Gasteiger partial charge on any atom is 0.270 e. The second-order valence-electron chi connectivity index (χ2n) is 8.06. The SMILES string of the molecule is CCOc1cc(/C=C2\C(=O)NC(=S)N(c3cccc(Cl)c3Cl)C2=O)c(Br)cc1OCc1cccc(C)c1. The Hall–Kier alpha value is -2.91. The van der Waals surface area contributed by atoms with Crippen molar-refractivity contribution in [1.29, 1.82) is 0 Å². The van der Waals surface area contributed by atoms with E-state index in [2.05, 4.69) is 21.2 Å². The average Bonchev–Trinajstić information content (AvgIpc) is 2.85. The molecule has 3 aromatic rings. The first-order chi connectivity index (χ1) is 17.7. The van der Waals surface area contributed by atoms with E-state index in [1.807, 2.05) is 38.1 Å². The number of nitrogens with zero attached hydrogens (tertiary/aromatic N) is 1. The molecule has 0 spiro atoms. The fraction of sp³-hybridized carbons (Fsp3) is 0.148. The number of carbonyl (C=O) groups is 2. The van der Waals surface area contributed by atoms with Crippen molar-refractivity contribution in [1.82, 2.24) is 5.32 Å². The molecule has 0 aromatic heterocycles. The molecule has 1 N–H and O–H groups in total. The van der Waals surface area contributed by atoms with Crippen molar-refractivity contribution in [3.63, 3.8) is 0 Å². The predicted octanol–water partition coefficient (Wildman–Crippen LogP) is 6.87. The molecule has 1 heterocycles. The molecule has 1 fully saturated rings. The summed E-state index contributed by atoms with van der Waals surface area (Å²) < 4.78 is 12.4. The zero-order valence-electron chi connectivity index (χ0n) is 19.8. The summed E-state index contributed by atoms with van der Waals surface area (Å²) in [4.78, 5) is 27.4. The lowest BCUT2D eigenvalue weighted by molar-refractivity contribution is -0.122. The van der Waals surface area contributed by atoms with E-state index in [1.165, 1.54) is 6.08 Å². The maximum atomic E-state index is 13.4. The van der Waals surface area contributed by atoms with Gasteiger partial charge in [0, 0.05) is 4.47 Å². The molecule has 0 saturated carbocycles. The number of ether oxygens (including phenoxy) is 2. The number of hydrogen-bond acceptors (Lipinski definition) is 5.